The molecule has 2 rings (SSSR count). The van der Waals surface area contributed by atoms with Gasteiger partial charge in [0.25, 0.3) is 0 Å². The molecule has 0 aliphatic heterocycles. The zero-order valence-electron chi connectivity index (χ0n) is 9.41. The summed E-state index contributed by atoms with van der Waals surface area (Å²) < 4.78 is 50.5. The molecule has 2 aromatic rings. The number of alkyl halides is 3. The molecule has 0 spiro atoms. The average Bonchev–Trinajstić information content (AvgIpc) is 2.37. The number of aldehydes is 1. The van der Waals surface area contributed by atoms with Crippen LogP contribution in [-0.4, -0.2) is 11.3 Å². The van der Waals surface area contributed by atoms with Crippen molar-refractivity contribution in [3.63, 3.8) is 0 Å². The van der Waals surface area contributed by atoms with Crippen LogP contribution in [0.25, 0.3) is 11.1 Å². The van der Waals surface area contributed by atoms with E-state index in [9.17, 15) is 22.4 Å². The van der Waals surface area contributed by atoms with Crippen LogP contribution in [-0.2, 0) is 6.18 Å². The SMILES string of the molecule is O=Cc1c(F)cncc1-c1ccc(C(F)(F)F)cc1. The molecule has 0 bridgehead atoms. The molecule has 1 heterocycles. The molecule has 0 saturated carbocycles. The van der Waals surface area contributed by atoms with E-state index in [1.165, 1.54) is 18.3 Å². The van der Waals surface area contributed by atoms with Crippen molar-refractivity contribution >= 4 is 6.29 Å². The molecule has 0 unspecified atom stereocenters. The van der Waals surface area contributed by atoms with Crippen LogP contribution in [0.15, 0.2) is 36.7 Å². The van der Waals surface area contributed by atoms with Crippen LogP contribution in [0.4, 0.5) is 17.6 Å². The maximum Gasteiger partial charge on any atom is 0.416 e. The summed E-state index contributed by atoms with van der Waals surface area (Å²) in [7, 11) is 0. The largest absolute Gasteiger partial charge is 0.416 e. The first-order valence-electron chi connectivity index (χ1n) is 5.20. The van der Waals surface area contributed by atoms with Gasteiger partial charge < -0.3 is 0 Å². The minimum Gasteiger partial charge on any atom is -0.298 e. The van der Waals surface area contributed by atoms with Gasteiger partial charge in [-0.05, 0) is 17.7 Å². The van der Waals surface area contributed by atoms with Crippen molar-refractivity contribution < 1.29 is 22.4 Å². The number of benzene rings is 1. The maximum atomic E-state index is 13.3. The second kappa shape index (κ2) is 4.79. The predicted octanol–water partition coefficient (Wildman–Crippen LogP) is 3.72. The van der Waals surface area contributed by atoms with Gasteiger partial charge in [-0.1, -0.05) is 12.1 Å². The third-order valence-corrected chi connectivity index (χ3v) is 2.58. The van der Waals surface area contributed by atoms with E-state index in [1.807, 2.05) is 0 Å². The lowest BCUT2D eigenvalue weighted by Crippen LogP contribution is -2.04. The molecular formula is C13H7F4NO. The Labute approximate surface area is 105 Å². The second-order valence-electron chi connectivity index (χ2n) is 3.78. The number of aromatic nitrogens is 1. The Balaban J connectivity index is 2.49. The van der Waals surface area contributed by atoms with Crippen molar-refractivity contribution in [2.75, 3.05) is 0 Å². The Morgan fingerprint density at radius 3 is 2.21 bits per heavy atom. The Morgan fingerprint density at radius 2 is 1.68 bits per heavy atom. The molecule has 0 aliphatic rings. The Bertz CT molecular complexity index is 605. The highest BCUT2D eigenvalue weighted by Crippen LogP contribution is 2.31. The Kier molecular flexibility index (Phi) is 3.33. The number of hydrogen-bond donors (Lipinski definition) is 0. The van der Waals surface area contributed by atoms with Crippen molar-refractivity contribution in [1.82, 2.24) is 4.98 Å². The van der Waals surface area contributed by atoms with Gasteiger partial charge in [-0.2, -0.15) is 13.2 Å². The first kappa shape index (κ1) is 13.2. The molecule has 2 nitrogen and oxygen atoms in total. The molecule has 1 aromatic heterocycles. The summed E-state index contributed by atoms with van der Waals surface area (Å²) in [5.74, 6) is -0.813. The van der Waals surface area contributed by atoms with Crippen molar-refractivity contribution in [1.29, 1.82) is 0 Å². The molecule has 1 aromatic carbocycles. The number of nitrogens with zero attached hydrogens (tertiary/aromatic N) is 1. The number of hydrogen-bond acceptors (Lipinski definition) is 2. The van der Waals surface area contributed by atoms with E-state index < -0.39 is 17.6 Å². The highest BCUT2D eigenvalue weighted by molar-refractivity contribution is 5.87. The van der Waals surface area contributed by atoms with Crippen LogP contribution in [0.5, 0.6) is 0 Å². The molecule has 19 heavy (non-hydrogen) atoms. The van der Waals surface area contributed by atoms with Gasteiger partial charge in [0.2, 0.25) is 0 Å². The summed E-state index contributed by atoms with van der Waals surface area (Å²) in [6.07, 6.45) is -2.02. The van der Waals surface area contributed by atoms with Crippen LogP contribution in [0.2, 0.25) is 0 Å². The third kappa shape index (κ3) is 2.62. The average molecular weight is 269 g/mol. The van der Waals surface area contributed by atoms with Crippen molar-refractivity contribution in [2.24, 2.45) is 0 Å². The normalized spacial score (nSPS) is 11.4. The zero-order valence-corrected chi connectivity index (χ0v) is 9.41. The first-order chi connectivity index (χ1) is 8.93. The standard InChI is InChI=1S/C13H7F4NO/c14-12-6-18-5-10(11(12)7-19)8-1-3-9(4-2-8)13(15,16)17/h1-7H. The third-order valence-electron chi connectivity index (χ3n) is 2.58. The van der Waals surface area contributed by atoms with Gasteiger partial charge in [0, 0.05) is 11.8 Å². The summed E-state index contributed by atoms with van der Waals surface area (Å²) in [6, 6.07) is 4.09. The van der Waals surface area contributed by atoms with E-state index in [1.54, 1.807) is 0 Å². The van der Waals surface area contributed by atoms with E-state index in [2.05, 4.69) is 4.98 Å². The monoisotopic (exact) mass is 269 g/mol. The number of halogens is 4. The quantitative estimate of drug-likeness (QED) is 0.614. The van der Waals surface area contributed by atoms with Gasteiger partial charge in [0.15, 0.2) is 12.1 Å². The summed E-state index contributed by atoms with van der Waals surface area (Å²) in [6.45, 7) is 0. The van der Waals surface area contributed by atoms with Gasteiger partial charge in [-0.25, -0.2) is 4.39 Å². The summed E-state index contributed by atoms with van der Waals surface area (Å²) in [4.78, 5) is 14.4. The molecule has 0 N–H and O–H groups in total. The maximum absolute atomic E-state index is 13.3. The predicted molar refractivity (Wildman–Crippen MR) is 60.0 cm³/mol. The van der Waals surface area contributed by atoms with Crippen molar-refractivity contribution in [3.05, 3.63) is 53.6 Å². The molecule has 6 heteroatoms. The molecule has 0 atom stereocenters. The smallest absolute Gasteiger partial charge is 0.298 e. The summed E-state index contributed by atoms with van der Waals surface area (Å²) in [5.41, 5.74) is -0.589. The molecule has 0 fully saturated rings. The topological polar surface area (TPSA) is 30.0 Å². The Hall–Kier alpha value is -2.24. The van der Waals surface area contributed by atoms with Crippen LogP contribution in [0.1, 0.15) is 15.9 Å². The minimum absolute atomic E-state index is 0.156. The molecule has 0 radical (unpaired) electrons. The number of carbonyl (C=O) groups is 1. The van der Waals surface area contributed by atoms with Crippen LogP contribution >= 0.6 is 0 Å². The summed E-state index contributed by atoms with van der Waals surface area (Å²) >= 11 is 0. The van der Waals surface area contributed by atoms with E-state index in [-0.39, 0.29) is 11.1 Å². The van der Waals surface area contributed by atoms with Gasteiger partial charge in [-0.3, -0.25) is 9.78 Å². The fourth-order valence-electron chi connectivity index (χ4n) is 1.63. The first-order valence-corrected chi connectivity index (χ1v) is 5.20. The molecule has 0 aliphatic carbocycles. The van der Waals surface area contributed by atoms with Crippen molar-refractivity contribution in [3.8, 4) is 11.1 Å². The van der Waals surface area contributed by atoms with Gasteiger partial charge in [-0.15, -0.1) is 0 Å². The van der Waals surface area contributed by atoms with Crippen LogP contribution < -0.4 is 0 Å². The van der Waals surface area contributed by atoms with Crippen LogP contribution in [0, 0.1) is 5.82 Å². The van der Waals surface area contributed by atoms with E-state index in [0.29, 0.717) is 11.8 Å². The zero-order chi connectivity index (χ0) is 14.0. The van der Waals surface area contributed by atoms with Gasteiger partial charge in [0.1, 0.15) is 0 Å². The molecule has 0 saturated heterocycles. The lowest BCUT2D eigenvalue weighted by Gasteiger charge is -2.09. The minimum atomic E-state index is -4.44. The molecular weight excluding hydrogens is 262 g/mol. The fourth-order valence-corrected chi connectivity index (χ4v) is 1.63. The number of rotatable bonds is 2. The molecule has 98 valence electrons. The van der Waals surface area contributed by atoms with E-state index in [4.69, 9.17) is 0 Å². The van der Waals surface area contributed by atoms with E-state index in [0.717, 1.165) is 18.3 Å². The number of pyridine rings is 1. The van der Waals surface area contributed by atoms with Crippen molar-refractivity contribution in [2.45, 2.75) is 6.18 Å². The van der Waals surface area contributed by atoms with Gasteiger partial charge in [0.05, 0.1) is 17.3 Å². The molecule has 0 amide bonds. The highest BCUT2D eigenvalue weighted by Gasteiger charge is 2.30. The van der Waals surface area contributed by atoms with Gasteiger partial charge >= 0.3 is 6.18 Å². The lowest BCUT2D eigenvalue weighted by molar-refractivity contribution is -0.137. The summed E-state index contributed by atoms with van der Waals surface area (Å²) in [5, 5.41) is 0. The fraction of sp³-hybridized carbons (Fsp3) is 0.0769. The van der Waals surface area contributed by atoms with E-state index >= 15 is 0 Å². The lowest BCUT2D eigenvalue weighted by atomic mass is 10.0. The number of carbonyl (C=O) groups excluding carboxylic acids is 1. The highest BCUT2D eigenvalue weighted by atomic mass is 19.4. The second-order valence-corrected chi connectivity index (χ2v) is 3.78. The Morgan fingerprint density at radius 1 is 1.05 bits per heavy atom. The van der Waals surface area contributed by atoms with Crippen LogP contribution in [0.3, 0.4) is 0 Å².